The van der Waals surface area contributed by atoms with Gasteiger partial charge in [0.2, 0.25) is 0 Å². The van der Waals surface area contributed by atoms with Crippen molar-refractivity contribution in [2.24, 2.45) is 5.92 Å². The number of unbranched alkanes of at least 4 members (excludes halogenated alkanes) is 7. The quantitative estimate of drug-likeness (QED) is 0.231. The Morgan fingerprint density at radius 1 is 0.844 bits per heavy atom. The average Bonchev–Trinajstić information content (AvgIpc) is 2.80. The molecule has 0 N–H and O–H groups in total. The van der Waals surface area contributed by atoms with E-state index in [1.165, 1.54) is 56.9 Å². The second-order valence-corrected chi connectivity index (χ2v) is 9.20. The van der Waals surface area contributed by atoms with E-state index in [4.69, 9.17) is 4.74 Å². The standard InChI is InChI=1S/C28H43FN2O/c1-4-6-7-8-9-10-11-12-14-24-20-30-28(31-21-24)25-15-17-27(18-16-25)32-22-26(29)19-23(3)13-5-2/h15-18,20-21,23,26H,4-14,19,22H2,1-3H3. The van der Waals surface area contributed by atoms with Crippen molar-refractivity contribution in [3.8, 4) is 17.1 Å². The molecule has 0 aliphatic heterocycles. The summed E-state index contributed by atoms with van der Waals surface area (Å²) in [6.45, 7) is 6.61. The molecular weight excluding hydrogens is 399 g/mol. The lowest BCUT2D eigenvalue weighted by atomic mass is 10.00. The maximum atomic E-state index is 14.1. The fourth-order valence-electron chi connectivity index (χ4n) is 4.10. The molecule has 3 nitrogen and oxygen atoms in total. The summed E-state index contributed by atoms with van der Waals surface area (Å²) in [5.74, 6) is 1.80. The van der Waals surface area contributed by atoms with Crippen molar-refractivity contribution >= 4 is 0 Å². The molecule has 0 fully saturated rings. The number of nitrogens with zero attached hydrogens (tertiary/aromatic N) is 2. The van der Waals surface area contributed by atoms with E-state index >= 15 is 0 Å². The van der Waals surface area contributed by atoms with Gasteiger partial charge in [0.15, 0.2) is 5.82 Å². The van der Waals surface area contributed by atoms with Gasteiger partial charge in [0.25, 0.3) is 0 Å². The zero-order valence-electron chi connectivity index (χ0n) is 20.5. The van der Waals surface area contributed by atoms with Gasteiger partial charge in [0, 0.05) is 18.0 Å². The molecule has 0 saturated heterocycles. The fourth-order valence-corrected chi connectivity index (χ4v) is 4.10. The van der Waals surface area contributed by atoms with Gasteiger partial charge in [-0.05, 0) is 55.0 Å². The number of hydrogen-bond donors (Lipinski definition) is 0. The van der Waals surface area contributed by atoms with Crippen molar-refractivity contribution in [3.63, 3.8) is 0 Å². The number of benzene rings is 1. The molecule has 0 amide bonds. The summed E-state index contributed by atoms with van der Waals surface area (Å²) in [6.07, 6.45) is 17.3. The van der Waals surface area contributed by atoms with Gasteiger partial charge in [-0.25, -0.2) is 14.4 Å². The third-order valence-corrected chi connectivity index (χ3v) is 6.01. The molecule has 0 bridgehead atoms. The van der Waals surface area contributed by atoms with Crippen molar-refractivity contribution in [1.29, 1.82) is 0 Å². The molecule has 2 unspecified atom stereocenters. The molecular formula is C28H43FN2O. The highest BCUT2D eigenvalue weighted by Gasteiger charge is 2.12. The molecule has 1 aromatic heterocycles. The molecule has 0 aliphatic carbocycles. The molecule has 0 spiro atoms. The van der Waals surface area contributed by atoms with E-state index < -0.39 is 6.17 Å². The lowest BCUT2D eigenvalue weighted by molar-refractivity contribution is 0.169. The molecule has 32 heavy (non-hydrogen) atoms. The SMILES string of the molecule is CCCCCCCCCCc1cnc(-c2ccc(OCC(F)CC(C)CCC)cc2)nc1. The first-order chi connectivity index (χ1) is 15.6. The van der Waals surface area contributed by atoms with Crippen LogP contribution in [-0.4, -0.2) is 22.7 Å². The van der Waals surface area contributed by atoms with Crippen LogP contribution in [0.3, 0.4) is 0 Å². The Balaban J connectivity index is 1.70. The van der Waals surface area contributed by atoms with E-state index in [1.807, 2.05) is 36.7 Å². The molecule has 1 aromatic carbocycles. The molecule has 0 aliphatic rings. The van der Waals surface area contributed by atoms with E-state index in [1.54, 1.807) is 0 Å². The lowest BCUT2D eigenvalue weighted by Crippen LogP contribution is -2.16. The highest BCUT2D eigenvalue weighted by molar-refractivity contribution is 5.55. The minimum atomic E-state index is -0.923. The first-order valence-electron chi connectivity index (χ1n) is 12.8. The lowest BCUT2D eigenvalue weighted by Gasteiger charge is -2.15. The van der Waals surface area contributed by atoms with Gasteiger partial charge in [0.05, 0.1) is 0 Å². The Labute approximate surface area is 195 Å². The van der Waals surface area contributed by atoms with Crippen LogP contribution in [-0.2, 0) is 6.42 Å². The molecule has 1 heterocycles. The van der Waals surface area contributed by atoms with Crippen molar-refractivity contribution in [1.82, 2.24) is 9.97 Å². The van der Waals surface area contributed by atoms with Gasteiger partial charge >= 0.3 is 0 Å². The van der Waals surface area contributed by atoms with Gasteiger partial charge in [-0.1, -0.05) is 78.6 Å². The van der Waals surface area contributed by atoms with Crippen LogP contribution in [0.5, 0.6) is 5.75 Å². The second kappa shape index (κ2) is 15.8. The first kappa shape index (κ1) is 26.3. The molecule has 2 aromatic rings. The first-order valence-corrected chi connectivity index (χ1v) is 12.8. The van der Waals surface area contributed by atoms with Gasteiger partial charge in [-0.2, -0.15) is 0 Å². The normalized spacial score (nSPS) is 13.1. The Bertz CT molecular complexity index is 717. The summed E-state index contributed by atoms with van der Waals surface area (Å²) < 4.78 is 19.7. The number of rotatable bonds is 17. The average molecular weight is 443 g/mol. The number of alkyl halides is 1. The van der Waals surface area contributed by atoms with Crippen LogP contribution in [0.15, 0.2) is 36.7 Å². The van der Waals surface area contributed by atoms with Crippen LogP contribution >= 0.6 is 0 Å². The summed E-state index contributed by atoms with van der Waals surface area (Å²) in [5, 5.41) is 0. The molecule has 4 heteroatoms. The Morgan fingerprint density at radius 3 is 2.09 bits per heavy atom. The topological polar surface area (TPSA) is 35.0 Å². The smallest absolute Gasteiger partial charge is 0.159 e. The van der Waals surface area contributed by atoms with E-state index in [9.17, 15) is 4.39 Å². The third-order valence-electron chi connectivity index (χ3n) is 6.01. The monoisotopic (exact) mass is 442 g/mol. The van der Waals surface area contributed by atoms with Gasteiger partial charge in [-0.3, -0.25) is 0 Å². The summed E-state index contributed by atoms with van der Waals surface area (Å²) in [6, 6.07) is 7.62. The predicted molar refractivity (Wildman–Crippen MR) is 133 cm³/mol. The minimum absolute atomic E-state index is 0.108. The van der Waals surface area contributed by atoms with Crippen molar-refractivity contribution < 1.29 is 9.13 Å². The van der Waals surface area contributed by atoms with Gasteiger partial charge in [-0.15, -0.1) is 0 Å². The van der Waals surface area contributed by atoms with Crippen LogP contribution in [0.2, 0.25) is 0 Å². The van der Waals surface area contributed by atoms with Crippen LogP contribution in [0.25, 0.3) is 11.4 Å². The highest BCUT2D eigenvalue weighted by atomic mass is 19.1. The summed E-state index contributed by atoms with van der Waals surface area (Å²) in [7, 11) is 0. The molecule has 2 rings (SSSR count). The van der Waals surface area contributed by atoms with Crippen molar-refractivity contribution in [3.05, 3.63) is 42.2 Å². The Morgan fingerprint density at radius 2 is 1.47 bits per heavy atom. The number of hydrogen-bond acceptors (Lipinski definition) is 3. The number of aromatic nitrogens is 2. The van der Waals surface area contributed by atoms with E-state index in [-0.39, 0.29) is 6.61 Å². The predicted octanol–water partition coefficient (Wildman–Crippen LogP) is 8.37. The molecule has 2 atom stereocenters. The van der Waals surface area contributed by atoms with Gasteiger partial charge < -0.3 is 4.74 Å². The van der Waals surface area contributed by atoms with E-state index in [2.05, 4.69) is 30.7 Å². The van der Waals surface area contributed by atoms with Crippen LogP contribution < -0.4 is 4.74 Å². The molecule has 0 saturated carbocycles. The molecule has 0 radical (unpaired) electrons. The summed E-state index contributed by atoms with van der Waals surface area (Å²) >= 11 is 0. The summed E-state index contributed by atoms with van der Waals surface area (Å²) in [5.41, 5.74) is 2.15. The largest absolute Gasteiger partial charge is 0.491 e. The van der Waals surface area contributed by atoms with E-state index in [0.29, 0.717) is 23.9 Å². The number of ether oxygens (including phenoxy) is 1. The Kier molecular flexibility index (Phi) is 13.0. The molecule has 178 valence electrons. The Hall–Kier alpha value is -1.97. The zero-order chi connectivity index (χ0) is 23.0. The van der Waals surface area contributed by atoms with Crippen molar-refractivity contribution in [2.45, 2.75) is 104 Å². The maximum Gasteiger partial charge on any atom is 0.159 e. The second-order valence-electron chi connectivity index (χ2n) is 9.20. The van der Waals surface area contributed by atoms with Crippen molar-refractivity contribution in [2.75, 3.05) is 6.61 Å². The summed E-state index contributed by atoms with van der Waals surface area (Å²) in [4.78, 5) is 9.08. The number of aryl methyl sites for hydroxylation is 1. The highest BCUT2D eigenvalue weighted by Crippen LogP contribution is 2.21. The minimum Gasteiger partial charge on any atom is -0.491 e. The zero-order valence-corrected chi connectivity index (χ0v) is 20.5. The maximum absolute atomic E-state index is 14.1. The van der Waals surface area contributed by atoms with Crippen LogP contribution in [0.1, 0.15) is 97.0 Å². The van der Waals surface area contributed by atoms with Crippen LogP contribution in [0.4, 0.5) is 4.39 Å². The fraction of sp³-hybridized carbons (Fsp3) is 0.643. The van der Waals surface area contributed by atoms with E-state index in [0.717, 1.165) is 24.8 Å². The van der Waals surface area contributed by atoms with Crippen LogP contribution in [0, 0.1) is 5.92 Å². The number of halogens is 1. The van der Waals surface area contributed by atoms with Gasteiger partial charge in [0.1, 0.15) is 18.5 Å². The third kappa shape index (κ3) is 10.6.